The highest BCUT2D eigenvalue weighted by atomic mass is 16.5. The number of fused-ring (bicyclic) bond motifs is 1. The Labute approximate surface area is 143 Å². The number of nitrogens with zero attached hydrogens (tertiary/aromatic N) is 3. The zero-order valence-electron chi connectivity index (χ0n) is 14.5. The molecule has 1 saturated heterocycles. The predicted molar refractivity (Wildman–Crippen MR) is 91.9 cm³/mol. The van der Waals surface area contributed by atoms with Gasteiger partial charge in [-0.1, -0.05) is 13.3 Å². The molecular weight excluding hydrogens is 302 g/mol. The number of nitriles is 1. The molecule has 0 aliphatic carbocycles. The minimum absolute atomic E-state index is 0.0316. The van der Waals surface area contributed by atoms with Crippen LogP contribution in [0.3, 0.4) is 0 Å². The molecule has 1 amide bonds. The van der Waals surface area contributed by atoms with E-state index in [1.165, 1.54) is 0 Å². The van der Waals surface area contributed by atoms with Crippen molar-refractivity contribution < 1.29 is 9.53 Å². The second-order valence-electron chi connectivity index (χ2n) is 6.75. The summed E-state index contributed by atoms with van der Waals surface area (Å²) < 4.78 is 6.11. The van der Waals surface area contributed by atoms with Crippen LogP contribution in [0.25, 0.3) is 0 Å². The first-order chi connectivity index (χ1) is 11.6. The molecule has 3 rings (SSSR count). The molecule has 0 radical (unpaired) electrons. The van der Waals surface area contributed by atoms with Gasteiger partial charge in [-0.3, -0.25) is 4.79 Å². The molecule has 1 unspecified atom stereocenters. The maximum absolute atomic E-state index is 12.5. The summed E-state index contributed by atoms with van der Waals surface area (Å²) >= 11 is 0. The fourth-order valence-corrected chi connectivity index (χ4v) is 3.47. The van der Waals surface area contributed by atoms with Crippen LogP contribution in [-0.4, -0.2) is 48.5 Å². The van der Waals surface area contributed by atoms with Gasteiger partial charge >= 0.3 is 0 Å². The molecule has 24 heavy (non-hydrogen) atoms. The molecule has 0 saturated carbocycles. The van der Waals surface area contributed by atoms with Gasteiger partial charge in [0.1, 0.15) is 17.9 Å². The molecule has 1 aromatic rings. The number of hydrogen-bond donors (Lipinski definition) is 0. The van der Waals surface area contributed by atoms with Crippen LogP contribution in [0.15, 0.2) is 18.2 Å². The first-order valence-corrected chi connectivity index (χ1v) is 8.83. The molecule has 0 bridgehead atoms. The third-order valence-corrected chi connectivity index (χ3v) is 4.96. The molecule has 128 valence electrons. The molecule has 2 aliphatic heterocycles. The molecule has 2 heterocycles. The van der Waals surface area contributed by atoms with Gasteiger partial charge in [0.05, 0.1) is 6.07 Å². The quantitative estimate of drug-likeness (QED) is 0.834. The normalized spacial score (nSPS) is 21.6. The topological polar surface area (TPSA) is 56.6 Å². The minimum atomic E-state index is -0.486. The predicted octanol–water partition coefficient (Wildman–Crippen LogP) is 2.98. The van der Waals surface area contributed by atoms with Gasteiger partial charge in [0.25, 0.3) is 5.91 Å². The Kier molecular flexibility index (Phi) is 5.06. The van der Waals surface area contributed by atoms with E-state index in [-0.39, 0.29) is 12.0 Å². The van der Waals surface area contributed by atoms with Crippen molar-refractivity contribution in [3.63, 3.8) is 0 Å². The van der Waals surface area contributed by atoms with E-state index in [4.69, 9.17) is 4.74 Å². The molecule has 1 atom stereocenters. The second-order valence-corrected chi connectivity index (χ2v) is 6.75. The third-order valence-electron chi connectivity index (χ3n) is 4.96. The smallest absolute Gasteiger partial charge is 0.255 e. The average Bonchev–Trinajstić information content (AvgIpc) is 2.86. The van der Waals surface area contributed by atoms with Crippen LogP contribution >= 0.6 is 0 Å². The molecule has 0 aromatic heterocycles. The number of carbonyl (C=O) groups is 1. The highest BCUT2D eigenvalue weighted by Gasteiger charge is 2.36. The van der Waals surface area contributed by atoms with Gasteiger partial charge in [0, 0.05) is 30.8 Å². The van der Waals surface area contributed by atoms with E-state index in [1.807, 2.05) is 18.2 Å². The zero-order chi connectivity index (χ0) is 17.1. The van der Waals surface area contributed by atoms with Crippen molar-refractivity contribution in [3.05, 3.63) is 29.3 Å². The van der Waals surface area contributed by atoms with Crippen molar-refractivity contribution in [2.45, 2.75) is 44.8 Å². The number of unbranched alkanes of at least 4 members (excludes halogenated alkanes) is 1. The fraction of sp³-hybridized carbons (Fsp3) is 0.579. The van der Waals surface area contributed by atoms with E-state index >= 15 is 0 Å². The molecule has 1 fully saturated rings. The van der Waals surface area contributed by atoms with Crippen LogP contribution in [0.5, 0.6) is 5.75 Å². The summed E-state index contributed by atoms with van der Waals surface area (Å²) in [4.78, 5) is 16.5. The number of amides is 1. The average molecular weight is 327 g/mol. The standard InChI is InChI=1S/C19H25N3O2/c1-3-4-9-22-18(13-20)17-12-15(5-6-16(17)19(22)23)24-14-7-10-21(2)11-8-14/h5-6,12,14,18H,3-4,7-11H2,1-2H3. The summed E-state index contributed by atoms with van der Waals surface area (Å²) in [7, 11) is 2.12. The summed E-state index contributed by atoms with van der Waals surface area (Å²) in [6.07, 6.45) is 4.15. The van der Waals surface area contributed by atoms with E-state index in [0.717, 1.165) is 50.1 Å². The Balaban J connectivity index is 1.76. The molecular formula is C19H25N3O2. The Morgan fingerprint density at radius 1 is 1.33 bits per heavy atom. The molecule has 2 aliphatic rings. The molecule has 0 spiro atoms. The van der Waals surface area contributed by atoms with Crippen LogP contribution < -0.4 is 4.74 Å². The summed E-state index contributed by atoms with van der Waals surface area (Å²) in [5.41, 5.74) is 1.44. The van der Waals surface area contributed by atoms with Gasteiger partial charge in [0.2, 0.25) is 0 Å². The van der Waals surface area contributed by atoms with E-state index in [9.17, 15) is 10.1 Å². The van der Waals surface area contributed by atoms with Crippen LogP contribution in [0.4, 0.5) is 0 Å². The van der Waals surface area contributed by atoms with Gasteiger partial charge in [-0.2, -0.15) is 5.26 Å². The van der Waals surface area contributed by atoms with Crippen LogP contribution in [0, 0.1) is 11.3 Å². The number of rotatable bonds is 5. The first kappa shape index (κ1) is 16.8. The molecule has 5 nitrogen and oxygen atoms in total. The first-order valence-electron chi connectivity index (χ1n) is 8.83. The van der Waals surface area contributed by atoms with Crippen molar-refractivity contribution in [3.8, 4) is 11.8 Å². The Morgan fingerprint density at radius 3 is 2.75 bits per heavy atom. The van der Waals surface area contributed by atoms with Gasteiger partial charge in [0.15, 0.2) is 0 Å². The van der Waals surface area contributed by atoms with Crippen molar-refractivity contribution in [1.29, 1.82) is 5.26 Å². The highest BCUT2D eigenvalue weighted by molar-refractivity contribution is 5.99. The highest BCUT2D eigenvalue weighted by Crippen LogP contribution is 2.36. The van der Waals surface area contributed by atoms with Crippen molar-refractivity contribution >= 4 is 5.91 Å². The summed E-state index contributed by atoms with van der Waals surface area (Å²) in [6, 6.07) is 7.38. The summed E-state index contributed by atoms with van der Waals surface area (Å²) in [6.45, 7) is 4.80. The maximum atomic E-state index is 12.5. The molecule has 0 N–H and O–H groups in total. The lowest BCUT2D eigenvalue weighted by Crippen LogP contribution is -2.35. The number of likely N-dealkylation sites (tertiary alicyclic amines) is 1. The molecule has 5 heteroatoms. The van der Waals surface area contributed by atoms with Crippen LogP contribution in [0.2, 0.25) is 0 Å². The van der Waals surface area contributed by atoms with Crippen LogP contribution in [0.1, 0.15) is 54.6 Å². The van der Waals surface area contributed by atoms with E-state index in [2.05, 4.69) is 24.9 Å². The van der Waals surface area contributed by atoms with Crippen molar-refractivity contribution in [2.75, 3.05) is 26.7 Å². The fourth-order valence-electron chi connectivity index (χ4n) is 3.47. The van der Waals surface area contributed by atoms with Crippen LogP contribution in [-0.2, 0) is 0 Å². The monoisotopic (exact) mass is 327 g/mol. The number of benzene rings is 1. The third kappa shape index (κ3) is 3.25. The summed E-state index contributed by atoms with van der Waals surface area (Å²) in [5.74, 6) is 0.740. The number of carbonyl (C=O) groups excluding carboxylic acids is 1. The van der Waals surface area contributed by atoms with Gasteiger partial charge in [-0.25, -0.2) is 0 Å². The lowest BCUT2D eigenvalue weighted by Gasteiger charge is -2.29. The van der Waals surface area contributed by atoms with E-state index in [1.54, 1.807) is 4.90 Å². The lowest BCUT2D eigenvalue weighted by atomic mass is 10.0. The SMILES string of the molecule is CCCCN1C(=O)c2ccc(OC3CCN(C)CC3)cc2C1C#N. The Bertz CT molecular complexity index is 645. The van der Waals surface area contributed by atoms with Crippen molar-refractivity contribution in [2.24, 2.45) is 0 Å². The Morgan fingerprint density at radius 2 is 2.08 bits per heavy atom. The van der Waals surface area contributed by atoms with E-state index < -0.39 is 6.04 Å². The minimum Gasteiger partial charge on any atom is -0.490 e. The Hall–Kier alpha value is -2.06. The van der Waals surface area contributed by atoms with Crippen molar-refractivity contribution in [1.82, 2.24) is 9.80 Å². The largest absolute Gasteiger partial charge is 0.490 e. The number of hydrogen-bond acceptors (Lipinski definition) is 4. The van der Waals surface area contributed by atoms with Gasteiger partial charge < -0.3 is 14.5 Å². The maximum Gasteiger partial charge on any atom is 0.255 e. The second kappa shape index (κ2) is 7.23. The lowest BCUT2D eigenvalue weighted by molar-refractivity contribution is 0.0755. The zero-order valence-corrected chi connectivity index (χ0v) is 14.5. The molecule has 1 aromatic carbocycles. The number of ether oxygens (including phenoxy) is 1. The number of piperidine rings is 1. The van der Waals surface area contributed by atoms with Gasteiger partial charge in [-0.05, 0) is 44.5 Å². The van der Waals surface area contributed by atoms with E-state index in [0.29, 0.717) is 12.1 Å². The van der Waals surface area contributed by atoms with Gasteiger partial charge in [-0.15, -0.1) is 0 Å². The summed E-state index contributed by atoms with van der Waals surface area (Å²) in [5, 5.41) is 9.55.